The van der Waals surface area contributed by atoms with Gasteiger partial charge in [-0.2, -0.15) is 4.68 Å². The van der Waals surface area contributed by atoms with Crippen molar-refractivity contribution >= 4 is 5.82 Å². The monoisotopic (exact) mass is 167 g/mol. The fourth-order valence-corrected chi connectivity index (χ4v) is 1.49. The summed E-state index contributed by atoms with van der Waals surface area (Å²) in [6, 6.07) is 1.57. The van der Waals surface area contributed by atoms with Crippen LogP contribution in [0.15, 0.2) is 6.07 Å². The summed E-state index contributed by atoms with van der Waals surface area (Å²) in [6.45, 7) is 0.823. The summed E-state index contributed by atoms with van der Waals surface area (Å²) in [4.78, 5) is 9.91. The van der Waals surface area contributed by atoms with Gasteiger partial charge in [-0.05, 0) is 24.2 Å². The Kier molecular flexibility index (Phi) is 1.56. The molecule has 0 saturated heterocycles. The van der Waals surface area contributed by atoms with E-state index < -0.39 is 4.92 Å². The van der Waals surface area contributed by atoms with Gasteiger partial charge >= 0.3 is 5.82 Å². The highest BCUT2D eigenvalue weighted by molar-refractivity contribution is 5.22. The summed E-state index contributed by atoms with van der Waals surface area (Å²) in [5.74, 6) is -0.0214. The minimum Gasteiger partial charge on any atom is -0.358 e. The van der Waals surface area contributed by atoms with Crippen molar-refractivity contribution in [1.29, 1.82) is 0 Å². The maximum atomic E-state index is 10.3. The van der Waals surface area contributed by atoms with Gasteiger partial charge in [-0.25, -0.2) is 0 Å². The Morgan fingerprint density at radius 3 is 3.08 bits per heavy atom. The molecule has 0 N–H and O–H groups in total. The minimum atomic E-state index is -0.439. The van der Waals surface area contributed by atoms with Gasteiger partial charge in [0.15, 0.2) is 0 Å². The van der Waals surface area contributed by atoms with E-state index in [4.69, 9.17) is 0 Å². The average Bonchev–Trinajstić information content (AvgIpc) is 2.46. The zero-order valence-electron chi connectivity index (χ0n) is 6.56. The predicted molar refractivity (Wildman–Crippen MR) is 41.8 cm³/mol. The molecule has 0 amide bonds. The quantitative estimate of drug-likeness (QED) is 0.465. The van der Waals surface area contributed by atoms with Crippen LogP contribution in [0.1, 0.15) is 18.5 Å². The Morgan fingerprint density at radius 2 is 2.42 bits per heavy atom. The summed E-state index contributed by atoms with van der Waals surface area (Å²) < 4.78 is 1.74. The second-order valence-corrected chi connectivity index (χ2v) is 2.93. The van der Waals surface area contributed by atoms with Crippen LogP contribution in [0, 0.1) is 10.1 Å². The van der Waals surface area contributed by atoms with E-state index in [0.717, 1.165) is 31.5 Å². The molecule has 0 spiro atoms. The Hall–Kier alpha value is -1.39. The van der Waals surface area contributed by atoms with Gasteiger partial charge in [0.25, 0.3) is 0 Å². The molecule has 2 heterocycles. The van der Waals surface area contributed by atoms with Gasteiger partial charge in [-0.15, -0.1) is 0 Å². The number of aryl methyl sites for hydroxylation is 2. The van der Waals surface area contributed by atoms with Crippen molar-refractivity contribution in [1.82, 2.24) is 9.78 Å². The van der Waals surface area contributed by atoms with Crippen molar-refractivity contribution in [2.24, 2.45) is 0 Å². The molecular weight excluding hydrogens is 158 g/mol. The molecular formula is C7H9N3O2. The van der Waals surface area contributed by atoms with Gasteiger partial charge in [0.2, 0.25) is 0 Å². The zero-order valence-corrected chi connectivity index (χ0v) is 6.56. The highest BCUT2D eigenvalue weighted by Gasteiger charge is 2.19. The smallest absolute Gasteiger partial charge is 0.358 e. The van der Waals surface area contributed by atoms with Gasteiger partial charge in [0.05, 0.1) is 23.4 Å². The predicted octanol–water partition coefficient (Wildman–Crippen LogP) is 1.13. The highest BCUT2D eigenvalue weighted by atomic mass is 16.6. The number of hydrogen-bond acceptors (Lipinski definition) is 3. The number of rotatable bonds is 1. The second-order valence-electron chi connectivity index (χ2n) is 2.93. The van der Waals surface area contributed by atoms with Gasteiger partial charge in [0, 0.05) is 0 Å². The van der Waals surface area contributed by atoms with Crippen LogP contribution >= 0.6 is 0 Å². The summed E-state index contributed by atoms with van der Waals surface area (Å²) in [5, 5.41) is 14.2. The lowest BCUT2D eigenvalue weighted by molar-refractivity contribution is -0.389. The molecule has 0 aliphatic carbocycles. The van der Waals surface area contributed by atoms with Crippen LogP contribution in [0.25, 0.3) is 0 Å². The highest BCUT2D eigenvalue weighted by Crippen LogP contribution is 2.18. The lowest BCUT2D eigenvalue weighted by atomic mass is 10.1. The molecule has 0 radical (unpaired) electrons. The van der Waals surface area contributed by atoms with Gasteiger partial charge in [0.1, 0.15) is 0 Å². The third-order valence-corrected chi connectivity index (χ3v) is 2.09. The second kappa shape index (κ2) is 2.58. The van der Waals surface area contributed by atoms with E-state index in [1.54, 1.807) is 10.7 Å². The summed E-state index contributed by atoms with van der Waals surface area (Å²) in [6.07, 6.45) is 3.11. The molecule has 0 saturated carbocycles. The van der Waals surface area contributed by atoms with Crippen LogP contribution in [0.3, 0.4) is 0 Å². The molecule has 1 aliphatic rings. The van der Waals surface area contributed by atoms with Crippen LogP contribution in [-0.4, -0.2) is 14.7 Å². The minimum absolute atomic E-state index is 0.0214. The lowest BCUT2D eigenvalue weighted by Crippen LogP contribution is -2.10. The molecule has 0 aromatic carbocycles. The number of nitro groups is 1. The van der Waals surface area contributed by atoms with Crippen molar-refractivity contribution in [2.75, 3.05) is 0 Å². The molecule has 2 rings (SSSR count). The van der Waals surface area contributed by atoms with E-state index in [2.05, 4.69) is 5.10 Å². The fraction of sp³-hybridized carbons (Fsp3) is 0.571. The first-order valence-corrected chi connectivity index (χ1v) is 3.98. The average molecular weight is 167 g/mol. The van der Waals surface area contributed by atoms with E-state index in [0.29, 0.717) is 0 Å². The molecule has 1 aliphatic heterocycles. The fourth-order valence-electron chi connectivity index (χ4n) is 1.49. The number of aromatic nitrogens is 2. The van der Waals surface area contributed by atoms with Crippen molar-refractivity contribution in [3.63, 3.8) is 0 Å². The molecule has 0 atom stereocenters. The third kappa shape index (κ3) is 1.07. The van der Waals surface area contributed by atoms with Gasteiger partial charge in [-0.3, -0.25) is 0 Å². The Bertz CT molecular complexity index is 295. The van der Waals surface area contributed by atoms with E-state index >= 15 is 0 Å². The Balaban J connectivity index is 2.38. The standard InChI is InChI=1S/C7H9N3O2/c11-10(12)7-5-6-3-1-2-4-9(6)8-7/h5H,1-4H2. The van der Waals surface area contributed by atoms with Crippen LogP contribution in [0.4, 0.5) is 5.82 Å². The van der Waals surface area contributed by atoms with E-state index in [1.807, 2.05) is 0 Å². The maximum absolute atomic E-state index is 10.3. The van der Waals surface area contributed by atoms with Crippen LogP contribution in [0.2, 0.25) is 0 Å². The van der Waals surface area contributed by atoms with Gasteiger partial charge < -0.3 is 10.1 Å². The normalized spacial score (nSPS) is 15.7. The molecule has 5 heteroatoms. The summed E-state index contributed by atoms with van der Waals surface area (Å²) in [7, 11) is 0. The first-order valence-electron chi connectivity index (χ1n) is 3.98. The summed E-state index contributed by atoms with van der Waals surface area (Å²) in [5.41, 5.74) is 0.993. The van der Waals surface area contributed by atoms with Crippen LogP contribution in [-0.2, 0) is 13.0 Å². The van der Waals surface area contributed by atoms with E-state index in [-0.39, 0.29) is 5.82 Å². The SMILES string of the molecule is O=[N+]([O-])c1cc2n(n1)CCCC2. The molecule has 12 heavy (non-hydrogen) atoms. The van der Waals surface area contributed by atoms with Crippen molar-refractivity contribution in [3.8, 4) is 0 Å². The molecule has 64 valence electrons. The van der Waals surface area contributed by atoms with Crippen molar-refractivity contribution < 1.29 is 4.92 Å². The lowest BCUT2D eigenvalue weighted by Gasteiger charge is -2.07. The van der Waals surface area contributed by atoms with Crippen molar-refractivity contribution in [3.05, 3.63) is 21.9 Å². The Morgan fingerprint density at radius 1 is 1.58 bits per heavy atom. The maximum Gasteiger partial charge on any atom is 0.390 e. The third-order valence-electron chi connectivity index (χ3n) is 2.09. The first kappa shape index (κ1) is 7.27. The largest absolute Gasteiger partial charge is 0.390 e. The van der Waals surface area contributed by atoms with E-state index in [1.165, 1.54) is 0 Å². The molecule has 0 bridgehead atoms. The summed E-state index contributed by atoms with van der Waals surface area (Å²) >= 11 is 0. The van der Waals surface area contributed by atoms with E-state index in [9.17, 15) is 10.1 Å². The molecule has 0 fully saturated rings. The molecule has 0 unspecified atom stereocenters. The van der Waals surface area contributed by atoms with Crippen LogP contribution in [0.5, 0.6) is 0 Å². The molecule has 1 aromatic rings. The number of fused-ring (bicyclic) bond motifs is 1. The molecule has 5 nitrogen and oxygen atoms in total. The van der Waals surface area contributed by atoms with Gasteiger partial charge in [-0.1, -0.05) is 0 Å². The number of nitrogens with zero attached hydrogens (tertiary/aromatic N) is 3. The molecule has 1 aromatic heterocycles. The van der Waals surface area contributed by atoms with Crippen LogP contribution < -0.4 is 0 Å². The van der Waals surface area contributed by atoms with Crippen molar-refractivity contribution in [2.45, 2.75) is 25.8 Å². The topological polar surface area (TPSA) is 61.0 Å². The Labute approximate surface area is 69.1 Å². The first-order chi connectivity index (χ1) is 5.77. The number of hydrogen-bond donors (Lipinski definition) is 0. The zero-order chi connectivity index (χ0) is 8.55.